The number of aryl methyl sites for hydroxylation is 6. The van der Waals surface area contributed by atoms with Crippen molar-refractivity contribution in [2.75, 3.05) is 137 Å². The van der Waals surface area contributed by atoms with Crippen LogP contribution in [0.3, 0.4) is 0 Å². The summed E-state index contributed by atoms with van der Waals surface area (Å²) in [6.45, 7) is 23.3. The number of piperidine rings is 2. The van der Waals surface area contributed by atoms with Gasteiger partial charge in [0.25, 0.3) is 0 Å². The molecule has 684 valence electrons. The highest BCUT2D eigenvalue weighted by atomic mass is 35.5. The monoisotopic (exact) mass is 1860 g/mol. The molecule has 10 aromatic rings. The number of likely N-dealkylation sites (N-methyl/N-ethyl adjacent to an activating group) is 2. The Kier molecular flexibility index (Phi) is 27.2. The van der Waals surface area contributed by atoms with Gasteiger partial charge < -0.3 is 83.9 Å². The summed E-state index contributed by atoms with van der Waals surface area (Å²) in [6.07, 6.45) is 9.22. The number of hydrogen-bond acceptors (Lipinski definition) is 33. The lowest BCUT2D eigenvalue weighted by atomic mass is 10.1. The van der Waals surface area contributed by atoms with E-state index in [4.69, 9.17) is 46.2 Å². The predicted octanol–water partition coefficient (Wildman–Crippen LogP) is 5.24. The molecule has 4 unspecified atom stereocenters. The van der Waals surface area contributed by atoms with Gasteiger partial charge in [0.2, 0.25) is 35.6 Å². The number of anilines is 8. The fourth-order valence-electron chi connectivity index (χ4n) is 17.2. The van der Waals surface area contributed by atoms with Gasteiger partial charge in [0.1, 0.15) is 60.8 Å². The van der Waals surface area contributed by atoms with E-state index in [-0.39, 0.29) is 61.0 Å². The Labute approximate surface area is 761 Å². The van der Waals surface area contributed by atoms with Crippen molar-refractivity contribution in [3.63, 3.8) is 0 Å². The smallest absolute Gasteiger partial charge is 0.358 e. The molecule has 2 amide bonds. The van der Waals surface area contributed by atoms with Crippen molar-refractivity contribution in [3.05, 3.63) is 134 Å². The fourth-order valence-corrected chi connectivity index (χ4v) is 22.7. The zero-order valence-corrected chi connectivity index (χ0v) is 77.7. The largest absolute Gasteiger partial charge is 0.461 e. The summed E-state index contributed by atoms with van der Waals surface area (Å²) in [7, 11) is -0.866. The lowest BCUT2D eigenvalue weighted by Crippen LogP contribution is -2.43. The van der Waals surface area contributed by atoms with Crippen molar-refractivity contribution < 1.29 is 46.2 Å². The molecule has 10 aliphatic heterocycles. The maximum atomic E-state index is 12.7. The number of rotatable bonds is 21. The molecule has 8 atom stereocenters. The number of likely N-dealkylation sites (tertiary alicyclic amines) is 2. The summed E-state index contributed by atoms with van der Waals surface area (Å²) >= 11 is 6.30. The third kappa shape index (κ3) is 19.6. The lowest BCUT2D eigenvalue weighted by Gasteiger charge is -2.32. The molecule has 39 nitrogen and oxygen atoms in total. The van der Waals surface area contributed by atoms with Crippen molar-refractivity contribution in [1.29, 1.82) is 0 Å². The average molecular weight is 1860 g/mol. The van der Waals surface area contributed by atoms with Crippen LogP contribution >= 0.6 is 11.6 Å². The minimum atomic E-state index is -1.14. The Morgan fingerprint density at radius 2 is 0.969 bits per heavy atom. The summed E-state index contributed by atoms with van der Waals surface area (Å²) < 4.78 is 63.9. The lowest BCUT2D eigenvalue weighted by molar-refractivity contribution is -0.132. The molecular weight excluding hydrogens is 1750 g/mol. The molecule has 10 aliphatic rings. The molecule has 8 aromatic heterocycles. The van der Waals surface area contributed by atoms with Crippen molar-refractivity contribution in [3.8, 4) is 11.4 Å². The van der Waals surface area contributed by atoms with Crippen LogP contribution in [0.4, 0.5) is 47.1 Å². The van der Waals surface area contributed by atoms with Crippen LogP contribution in [0.2, 0.25) is 5.02 Å². The van der Waals surface area contributed by atoms with E-state index in [2.05, 4.69) is 128 Å². The van der Waals surface area contributed by atoms with Gasteiger partial charge in [-0.05, 0) is 62.6 Å². The first-order valence-electron chi connectivity index (χ1n) is 44.0. The van der Waals surface area contributed by atoms with Crippen LogP contribution in [-0.2, 0) is 142 Å². The first-order valence-corrected chi connectivity index (χ1v) is 49.6. The summed E-state index contributed by atoms with van der Waals surface area (Å²) in [5, 5.41) is 59.7. The SMILES string of the molecule is CC(C)[C@H](CO)Nc1nc(N2CCn3cnnc3C2)nc2c1S(=O)CC2.CCOC(=O)c1cn2c(n1)CN(c1nc3c(c(N[C@H]4CCC(=O)N(C)C4)n1)S(=O)CC3)CC2.Cc1ccc(-c2nnc3n2CCN(c2nc4c(c(N[C@H]5CCC(=O)N(C)C5)n2)S(=O)CC4)C3)cc1.Cc1ccc(Cc2nnc3n2CCN(c2nc4c(c(N[C@@H](CO)C(C)C)n2)S(=O)CC4)C3)cc1Cl. The molecule has 44 heteroatoms. The highest BCUT2D eigenvalue weighted by molar-refractivity contribution is 7.86. The number of carbonyl (C=O) groups excluding carboxylic acids is 3. The number of amides is 2. The number of aromatic nitrogens is 19. The van der Waals surface area contributed by atoms with Gasteiger partial charge in [-0.15, -0.1) is 30.6 Å². The Morgan fingerprint density at radius 1 is 0.519 bits per heavy atom. The number of halogens is 1. The quantitative estimate of drug-likeness (QED) is 0.0501. The molecule has 20 rings (SSSR count). The van der Waals surface area contributed by atoms with Gasteiger partial charge in [-0.3, -0.25) is 26.4 Å². The molecule has 129 heavy (non-hydrogen) atoms. The van der Waals surface area contributed by atoms with E-state index in [9.17, 15) is 41.4 Å². The normalized spacial score (nSPS) is 20.5. The fraction of sp³-hybridized carbons (Fsp3) is 0.529. The minimum absolute atomic E-state index is 0.00870. The number of ether oxygens (including phenoxy) is 1. The summed E-state index contributed by atoms with van der Waals surface area (Å²) in [4.78, 5) is 92.9. The minimum Gasteiger partial charge on any atom is -0.461 e. The zero-order valence-electron chi connectivity index (χ0n) is 73.7. The van der Waals surface area contributed by atoms with Gasteiger partial charge in [-0.25, -0.2) is 29.7 Å². The van der Waals surface area contributed by atoms with E-state index in [1.165, 1.54) is 5.56 Å². The Hall–Kier alpha value is -11.0. The molecule has 2 aromatic carbocycles. The first kappa shape index (κ1) is 90.0. The summed E-state index contributed by atoms with van der Waals surface area (Å²) in [5.41, 5.74) is 8.05. The van der Waals surface area contributed by atoms with Crippen LogP contribution in [-0.4, -0.2) is 269 Å². The van der Waals surface area contributed by atoms with E-state index in [1.807, 2.05) is 67.8 Å². The van der Waals surface area contributed by atoms with Gasteiger partial charge in [0, 0.05) is 176 Å². The third-order valence-corrected chi connectivity index (χ3v) is 31.1. The summed E-state index contributed by atoms with van der Waals surface area (Å²) in [5.74, 6) is 12.4. The molecule has 18 heterocycles. The first-order chi connectivity index (χ1) is 62.3. The third-order valence-electron chi connectivity index (χ3n) is 24.8. The van der Waals surface area contributed by atoms with Crippen molar-refractivity contribution in [1.82, 2.24) is 104 Å². The van der Waals surface area contributed by atoms with E-state index in [1.54, 1.807) is 36.3 Å². The second kappa shape index (κ2) is 39.0. The molecule has 6 N–H and O–H groups in total. The van der Waals surface area contributed by atoms with Gasteiger partial charge in [-0.2, -0.15) is 19.9 Å². The Morgan fingerprint density at radius 3 is 1.45 bits per heavy atom. The van der Waals surface area contributed by atoms with Gasteiger partial charge >= 0.3 is 5.97 Å². The number of aliphatic hydroxyl groups is 2. The number of carbonyl (C=O) groups is 3. The highest BCUT2D eigenvalue weighted by Crippen LogP contribution is 2.39. The van der Waals surface area contributed by atoms with E-state index < -0.39 is 49.2 Å². The molecule has 0 saturated carbocycles. The van der Waals surface area contributed by atoms with Crippen LogP contribution in [0.15, 0.2) is 74.6 Å². The number of imidazole rings is 1. The van der Waals surface area contributed by atoms with Crippen LogP contribution < -0.4 is 40.9 Å². The Balaban J connectivity index is 0.000000121. The van der Waals surface area contributed by atoms with Crippen LogP contribution in [0.1, 0.15) is 139 Å². The van der Waals surface area contributed by atoms with Crippen molar-refractivity contribution in [2.45, 2.75) is 202 Å². The van der Waals surface area contributed by atoms with Crippen molar-refractivity contribution >= 4 is 120 Å². The number of benzene rings is 2. The maximum Gasteiger partial charge on any atom is 0.358 e. The predicted molar refractivity (Wildman–Crippen MR) is 487 cm³/mol. The topological polar surface area (TPSA) is 450 Å². The standard InChI is InChI=1S/C24H30ClN7O2S.C24H28N8O2S.C21H27N7O4S.C16H23N7O2S/c1-14(2)19(13-33)26-23-22-18(6-9-35(22)34)27-24(28-23)31-7-8-32-20(29-30-21(32)12-31)11-16-5-4-15(3)17(25)10-16;1-15-3-5-16(6-4-15)23-29-28-19-14-31(10-11-32(19)23)24-26-18-9-12-35(34)21(18)22(27-24)25-17-7-8-20(33)30(2)13-17;1-3-32-20(30)15-11-27-7-8-28(12-16(27)23-15)21-24-14-6-9-33(31)18(14)19(25-21)22-13-4-5-17(29)26(2)10-13;1-10(2)12(8-24)18-15-14-11(3-6-26(14)25)19-16(20-15)22-4-5-23-9-17-21-13(23)7-22/h4-5,10,14,19,33H,6-9,11-13H2,1-3H3,(H,26,27,28);3-6,17H,7-14H2,1-2H3,(H,25,26,27);11,13H,3-10,12H2,1-2H3,(H,22,24,25);9-10,12,24H,3-8H2,1-2H3,(H,18,19,20)/t19-,35?;17-,35?;13-,33?;12-,26?/m0000/s1. The molecule has 2 fully saturated rings. The second-order valence-electron chi connectivity index (χ2n) is 34.4. The van der Waals surface area contributed by atoms with E-state index in [0.717, 1.165) is 123 Å². The molecule has 0 radical (unpaired) electrons. The number of nitrogens with zero attached hydrogens (tertiary/aromatic N) is 25. The molecule has 2 saturated heterocycles. The van der Waals surface area contributed by atoms with Gasteiger partial charge in [-0.1, -0.05) is 81.3 Å². The number of esters is 1. The molecular formula is C85H108ClN29O10S4. The maximum absolute atomic E-state index is 12.7. The van der Waals surface area contributed by atoms with Gasteiger partial charge in [0.05, 0.1) is 124 Å². The summed E-state index contributed by atoms with van der Waals surface area (Å²) in [6, 6.07) is 14.2. The number of aliphatic hydroxyl groups excluding tert-OH is 2. The van der Waals surface area contributed by atoms with Gasteiger partial charge in [0.15, 0.2) is 29.0 Å². The number of fused-ring (bicyclic) bond motifs is 8. The average Bonchev–Trinajstić information content (AvgIpc) is 1.67. The second-order valence-corrected chi connectivity index (χ2v) is 40.9. The number of nitrogens with one attached hydrogen (secondary N) is 4. The Bertz CT molecular complexity index is 5990. The van der Waals surface area contributed by atoms with Crippen LogP contribution in [0.5, 0.6) is 0 Å². The van der Waals surface area contributed by atoms with Crippen LogP contribution in [0.25, 0.3) is 11.4 Å². The highest BCUT2D eigenvalue weighted by Gasteiger charge is 2.38. The van der Waals surface area contributed by atoms with Crippen LogP contribution in [0, 0.1) is 25.7 Å². The molecule has 0 aliphatic carbocycles. The van der Waals surface area contributed by atoms with Crippen molar-refractivity contribution in [2.24, 2.45) is 11.8 Å². The zero-order chi connectivity index (χ0) is 90.2. The van der Waals surface area contributed by atoms with E-state index in [0.29, 0.717) is 207 Å². The number of hydrogen-bond donors (Lipinski definition) is 6. The van der Waals surface area contributed by atoms with E-state index >= 15 is 0 Å². The molecule has 0 bridgehead atoms. The molecule has 0 spiro atoms.